The van der Waals surface area contributed by atoms with Crippen LogP contribution in [0.1, 0.15) is 0 Å². The zero-order valence-corrected chi connectivity index (χ0v) is 7.59. The molecule has 0 aliphatic rings. The van der Waals surface area contributed by atoms with Gasteiger partial charge in [-0.25, -0.2) is 0 Å². The molecule has 0 aliphatic heterocycles. The fraction of sp³-hybridized carbons (Fsp3) is 1.00. The minimum Gasteiger partial charge on any atom is -0.379 e. The minimum atomic E-state index is -1.67. The van der Waals surface area contributed by atoms with Gasteiger partial charge >= 0.3 is 9.53 Å². The molecule has 12 heavy (non-hydrogen) atoms. The zero-order chi connectivity index (χ0) is 5.70. The van der Waals surface area contributed by atoms with Gasteiger partial charge in [-0.3, -0.25) is 18.8 Å². The van der Waals surface area contributed by atoms with Crippen LogP contribution in [-0.2, 0) is 13.3 Å². The monoisotopic (exact) mass is 234 g/mol. The van der Waals surface area contributed by atoms with Gasteiger partial charge in [-0.2, -0.15) is 0 Å². The molecule has 0 bridgehead atoms. The van der Waals surface area contributed by atoms with E-state index in [1.165, 1.54) is 0 Å². The van der Waals surface area contributed by atoms with Gasteiger partial charge in [0.1, 0.15) is 0 Å². The summed E-state index contributed by atoms with van der Waals surface area (Å²) in [5, 5.41) is 0. The quantitative estimate of drug-likeness (QED) is 0.453. The van der Waals surface area contributed by atoms with Gasteiger partial charge < -0.3 is 13.3 Å². The van der Waals surface area contributed by atoms with Gasteiger partial charge in [0.25, 0.3) is 0 Å². The van der Waals surface area contributed by atoms with Crippen LogP contribution in [0.3, 0.4) is 0 Å². The number of hydrogen-bond acceptors (Lipinski definition) is 3. The average Bonchev–Trinajstić information content (AvgIpc) is 1.72. The van der Waals surface area contributed by atoms with E-state index in [2.05, 4.69) is 0 Å². The van der Waals surface area contributed by atoms with Crippen LogP contribution >= 0.6 is 0 Å². The molecule has 0 amide bonds. The first-order chi connectivity index (χ1) is 3.35. The van der Waals surface area contributed by atoms with Crippen LogP contribution in [-0.4, -0.2) is 41.8 Å². The van der Waals surface area contributed by atoms with E-state index in [1.807, 2.05) is 0 Å². The Bertz CT molecular complexity index is 45.0. The smallest absolute Gasteiger partial charge is 0.379 e. The lowest BCUT2D eigenvalue weighted by atomic mass is 11.8. The van der Waals surface area contributed by atoms with Crippen molar-refractivity contribution in [1.82, 2.24) is 0 Å². The normalized spacial score (nSPS) is 6.00. The predicted octanol–water partition coefficient (Wildman–Crippen LogP) is -1.20. The Labute approximate surface area is 74.8 Å². The molecule has 9 heteroatoms. The van der Waals surface area contributed by atoms with Crippen molar-refractivity contribution in [2.75, 3.05) is 21.3 Å². The second kappa shape index (κ2) is 30.5. The van der Waals surface area contributed by atoms with E-state index in [0.717, 1.165) is 0 Å². The fourth-order valence-corrected chi connectivity index (χ4v) is 0.866. The van der Waals surface area contributed by atoms with Crippen molar-refractivity contribution in [2.45, 2.75) is 0 Å². The molecule has 3 nitrogen and oxygen atoms in total. The van der Waals surface area contributed by atoms with Gasteiger partial charge in [0.05, 0.1) is 0 Å². The minimum absolute atomic E-state index is 0. The molecule has 84 valence electrons. The maximum Gasteiger partial charge on any atom is 0.483 e. The van der Waals surface area contributed by atoms with Crippen LogP contribution < -0.4 is 0 Å². The van der Waals surface area contributed by atoms with Crippen molar-refractivity contribution in [3.63, 3.8) is 0 Å². The SMILES string of the molecule is CO[SiH](OC)OC.F.F.F.F.[SiH4]. The first-order valence-electron chi connectivity index (χ1n) is 1.93. The number of rotatable bonds is 3. The highest BCUT2D eigenvalue weighted by atomic mass is 28.3. The van der Waals surface area contributed by atoms with E-state index in [1.54, 1.807) is 21.3 Å². The molecule has 0 aromatic heterocycles. The first-order valence-corrected chi connectivity index (χ1v) is 3.35. The van der Waals surface area contributed by atoms with Gasteiger partial charge in [0.2, 0.25) is 0 Å². The highest BCUT2D eigenvalue weighted by molar-refractivity contribution is 6.36. The molecule has 0 unspecified atom stereocenters. The maximum absolute atomic E-state index is 4.74. The Morgan fingerprint density at radius 3 is 0.833 bits per heavy atom. The summed E-state index contributed by atoms with van der Waals surface area (Å²) < 4.78 is 14.2. The molecule has 0 aliphatic carbocycles. The average molecular weight is 234 g/mol. The molecule has 0 saturated carbocycles. The molecule has 0 radical (unpaired) electrons. The largest absolute Gasteiger partial charge is 0.483 e. The Balaban J connectivity index is -0.0000000180. The van der Waals surface area contributed by atoms with Gasteiger partial charge in [-0.15, -0.1) is 0 Å². The lowest BCUT2D eigenvalue weighted by Gasteiger charge is -2.05. The van der Waals surface area contributed by atoms with Crippen LogP contribution in [0.15, 0.2) is 0 Å². The first kappa shape index (κ1) is 40.2. The molecule has 0 aromatic rings. The third-order valence-corrected chi connectivity index (χ3v) is 1.73. The summed E-state index contributed by atoms with van der Waals surface area (Å²) in [6.45, 7) is 0. The lowest BCUT2D eigenvalue weighted by Crippen LogP contribution is -2.21. The van der Waals surface area contributed by atoms with Crippen LogP contribution in [0, 0.1) is 0 Å². The molecule has 0 spiro atoms. The summed E-state index contributed by atoms with van der Waals surface area (Å²) in [5.74, 6) is 0. The van der Waals surface area contributed by atoms with Gasteiger partial charge in [-0.1, -0.05) is 0 Å². The van der Waals surface area contributed by atoms with Crippen molar-refractivity contribution in [1.29, 1.82) is 0 Å². The van der Waals surface area contributed by atoms with E-state index in [4.69, 9.17) is 13.3 Å². The topological polar surface area (TPSA) is 27.7 Å². The molecule has 0 fully saturated rings. The molecule has 0 rings (SSSR count). The van der Waals surface area contributed by atoms with Crippen molar-refractivity contribution >= 4 is 20.5 Å². The predicted molar refractivity (Wildman–Crippen MR) is 49.5 cm³/mol. The molecular weight excluding hydrogens is 216 g/mol. The number of halogens is 4. The Morgan fingerprint density at radius 1 is 0.667 bits per heavy atom. The number of hydrogen-bond donors (Lipinski definition) is 0. The third kappa shape index (κ3) is 22.5. The standard InChI is InChI=1S/C3H10O3Si.4FH.H4Si/c1-4-7(5-2)6-3;;;;;/h7H,1-3H3;4*1H;1H4. The highest BCUT2D eigenvalue weighted by Gasteiger charge is 2.04. The third-order valence-electron chi connectivity index (χ3n) is 0.577. The molecule has 0 heterocycles. The lowest BCUT2D eigenvalue weighted by molar-refractivity contribution is 0.163. The van der Waals surface area contributed by atoms with Gasteiger partial charge in [0.15, 0.2) is 0 Å². The van der Waals surface area contributed by atoms with Crippen molar-refractivity contribution in [2.24, 2.45) is 0 Å². The molecule has 0 N–H and O–H groups in total. The van der Waals surface area contributed by atoms with Gasteiger partial charge in [0, 0.05) is 21.3 Å². The van der Waals surface area contributed by atoms with E-state index in [-0.39, 0.29) is 29.8 Å². The zero-order valence-electron chi connectivity index (χ0n) is 6.44. The summed E-state index contributed by atoms with van der Waals surface area (Å²) in [5.41, 5.74) is 0. The van der Waals surface area contributed by atoms with E-state index in [9.17, 15) is 0 Å². The van der Waals surface area contributed by atoms with Crippen molar-refractivity contribution in [3.05, 3.63) is 0 Å². The second-order valence-electron chi connectivity index (χ2n) is 0.996. The summed E-state index contributed by atoms with van der Waals surface area (Å²) in [6.07, 6.45) is 0. The van der Waals surface area contributed by atoms with Gasteiger partial charge in [-0.05, 0) is 11.0 Å². The molecule has 0 saturated heterocycles. The van der Waals surface area contributed by atoms with Crippen LogP contribution in [0.25, 0.3) is 0 Å². The summed E-state index contributed by atoms with van der Waals surface area (Å²) in [4.78, 5) is 0. The summed E-state index contributed by atoms with van der Waals surface area (Å²) >= 11 is 0. The van der Waals surface area contributed by atoms with Crippen molar-refractivity contribution in [3.8, 4) is 0 Å². The Hall–Kier alpha value is 0.0338. The van der Waals surface area contributed by atoms with Crippen LogP contribution in [0.2, 0.25) is 0 Å². The van der Waals surface area contributed by atoms with Crippen LogP contribution in [0.4, 0.5) is 18.8 Å². The summed E-state index contributed by atoms with van der Waals surface area (Å²) in [6, 6.07) is 0. The Morgan fingerprint density at radius 2 is 0.833 bits per heavy atom. The van der Waals surface area contributed by atoms with E-state index >= 15 is 0 Å². The maximum atomic E-state index is 4.74. The summed E-state index contributed by atoms with van der Waals surface area (Å²) in [7, 11) is 3.05. The fourth-order valence-electron chi connectivity index (χ4n) is 0.289. The Kier molecular flexibility index (Phi) is 102. The highest BCUT2D eigenvalue weighted by Crippen LogP contribution is 1.81. The second-order valence-corrected chi connectivity index (χ2v) is 2.99. The molecule has 0 aromatic carbocycles. The van der Waals surface area contributed by atoms with Crippen molar-refractivity contribution < 1.29 is 32.1 Å². The molecular formula is C3H18F4O3Si2. The van der Waals surface area contributed by atoms with E-state index in [0.29, 0.717) is 0 Å². The molecule has 0 atom stereocenters. The van der Waals surface area contributed by atoms with E-state index < -0.39 is 9.53 Å². The van der Waals surface area contributed by atoms with Crippen LogP contribution in [0.5, 0.6) is 0 Å².